The first-order valence-electron chi connectivity index (χ1n) is 7.24. The van der Waals surface area contributed by atoms with Crippen molar-refractivity contribution < 1.29 is 9.59 Å². The molecule has 0 radical (unpaired) electrons. The second kappa shape index (κ2) is 6.26. The van der Waals surface area contributed by atoms with Crippen molar-refractivity contribution in [2.45, 2.75) is 19.9 Å². The number of benzene rings is 1. The van der Waals surface area contributed by atoms with Gasteiger partial charge in [-0.1, -0.05) is 18.2 Å². The molecule has 3 N–H and O–H groups in total. The topological polar surface area (TPSA) is 70.2 Å². The number of allylic oxidation sites excluding steroid dienone is 1. The molecule has 1 aliphatic rings. The summed E-state index contributed by atoms with van der Waals surface area (Å²) < 4.78 is 0. The first-order chi connectivity index (χ1) is 11.0. The molecule has 0 spiro atoms. The third kappa shape index (κ3) is 3.27. The van der Waals surface area contributed by atoms with Crippen molar-refractivity contribution in [1.29, 1.82) is 0 Å². The van der Waals surface area contributed by atoms with Crippen molar-refractivity contribution in [2.75, 3.05) is 5.32 Å². The van der Waals surface area contributed by atoms with Crippen molar-refractivity contribution in [3.05, 3.63) is 63.5 Å². The van der Waals surface area contributed by atoms with Crippen LogP contribution >= 0.6 is 11.3 Å². The number of amides is 3. The molecule has 1 aromatic heterocycles. The van der Waals surface area contributed by atoms with Gasteiger partial charge >= 0.3 is 6.03 Å². The summed E-state index contributed by atoms with van der Waals surface area (Å²) in [6.45, 7) is 3.73. The fraction of sp³-hybridized carbons (Fsp3) is 0.176. The Hall–Kier alpha value is -2.60. The van der Waals surface area contributed by atoms with E-state index in [1.54, 1.807) is 6.92 Å². The highest BCUT2D eigenvalue weighted by molar-refractivity contribution is 7.10. The van der Waals surface area contributed by atoms with Crippen LogP contribution in [0.5, 0.6) is 0 Å². The summed E-state index contributed by atoms with van der Waals surface area (Å²) in [6.07, 6.45) is 0. The van der Waals surface area contributed by atoms with E-state index >= 15 is 0 Å². The van der Waals surface area contributed by atoms with Gasteiger partial charge in [0.2, 0.25) is 0 Å². The summed E-state index contributed by atoms with van der Waals surface area (Å²) in [5, 5.41) is 10.4. The minimum absolute atomic E-state index is 0.225. The average molecular weight is 327 g/mol. The Labute approximate surface area is 138 Å². The van der Waals surface area contributed by atoms with Crippen LogP contribution in [0.15, 0.2) is 53.0 Å². The molecular formula is C17H17N3O2S. The van der Waals surface area contributed by atoms with E-state index < -0.39 is 6.04 Å². The molecule has 1 atom stereocenters. The zero-order chi connectivity index (χ0) is 16.4. The number of thiophene rings is 1. The molecule has 0 unspecified atom stereocenters. The molecule has 0 aliphatic carbocycles. The van der Waals surface area contributed by atoms with E-state index in [1.165, 1.54) is 11.3 Å². The number of rotatable bonds is 3. The lowest BCUT2D eigenvalue weighted by molar-refractivity contribution is -0.113. The van der Waals surface area contributed by atoms with Crippen LogP contribution in [0.25, 0.3) is 0 Å². The Balaban J connectivity index is 1.93. The van der Waals surface area contributed by atoms with Gasteiger partial charge in [-0.05, 0) is 43.0 Å². The molecule has 0 bridgehead atoms. The molecule has 0 saturated carbocycles. The molecule has 118 valence electrons. The number of nitrogens with one attached hydrogen (secondary N) is 3. The molecule has 0 saturated heterocycles. The maximum Gasteiger partial charge on any atom is 0.319 e. The van der Waals surface area contributed by atoms with Crippen molar-refractivity contribution in [3.63, 3.8) is 0 Å². The summed E-state index contributed by atoms with van der Waals surface area (Å²) in [5.41, 5.74) is 2.92. The van der Waals surface area contributed by atoms with Crippen LogP contribution < -0.4 is 16.0 Å². The lowest BCUT2D eigenvalue weighted by atomic mass is 10.00. The van der Waals surface area contributed by atoms with Crippen LogP contribution in [0.3, 0.4) is 0 Å². The predicted octanol–water partition coefficient (Wildman–Crippen LogP) is 3.32. The Morgan fingerprint density at radius 2 is 1.96 bits per heavy atom. The number of carbonyl (C=O) groups excluding carboxylic acids is 2. The maximum absolute atomic E-state index is 12.7. The number of hydrogen-bond acceptors (Lipinski definition) is 3. The van der Waals surface area contributed by atoms with Gasteiger partial charge in [0.25, 0.3) is 5.91 Å². The normalized spacial score (nSPS) is 17.5. The van der Waals surface area contributed by atoms with E-state index in [2.05, 4.69) is 16.0 Å². The Bertz CT molecular complexity index is 780. The highest BCUT2D eigenvalue weighted by Gasteiger charge is 2.31. The molecule has 3 amide bonds. The third-order valence-corrected chi connectivity index (χ3v) is 4.70. The van der Waals surface area contributed by atoms with Crippen LogP contribution in [0.2, 0.25) is 0 Å². The van der Waals surface area contributed by atoms with Gasteiger partial charge in [-0.25, -0.2) is 4.79 Å². The van der Waals surface area contributed by atoms with E-state index in [9.17, 15) is 9.59 Å². The highest BCUT2D eigenvalue weighted by atomic mass is 32.1. The van der Waals surface area contributed by atoms with E-state index in [0.29, 0.717) is 11.3 Å². The van der Waals surface area contributed by atoms with E-state index in [0.717, 1.165) is 16.1 Å². The van der Waals surface area contributed by atoms with Gasteiger partial charge in [0, 0.05) is 16.3 Å². The van der Waals surface area contributed by atoms with Crippen LogP contribution in [-0.2, 0) is 4.79 Å². The second-order valence-corrected chi connectivity index (χ2v) is 6.36. The summed E-state index contributed by atoms with van der Waals surface area (Å²) in [7, 11) is 0. The van der Waals surface area contributed by atoms with Crippen molar-refractivity contribution in [3.8, 4) is 0 Å². The molecule has 0 fully saturated rings. The van der Waals surface area contributed by atoms with Crippen molar-refractivity contribution in [1.82, 2.24) is 10.6 Å². The quantitative estimate of drug-likeness (QED) is 0.809. The molecule has 5 nitrogen and oxygen atoms in total. The summed E-state index contributed by atoms with van der Waals surface area (Å²) in [6, 6.07) is 10.5. The lowest BCUT2D eigenvalue weighted by Crippen LogP contribution is -2.45. The Kier molecular flexibility index (Phi) is 4.16. The zero-order valence-corrected chi connectivity index (χ0v) is 13.7. The monoisotopic (exact) mass is 327 g/mol. The molecule has 23 heavy (non-hydrogen) atoms. The molecule has 1 aliphatic heterocycles. The zero-order valence-electron chi connectivity index (χ0n) is 12.8. The van der Waals surface area contributed by atoms with E-state index in [1.807, 2.05) is 48.7 Å². The molecule has 6 heteroatoms. The van der Waals surface area contributed by atoms with Gasteiger partial charge in [-0.2, -0.15) is 0 Å². The number of carbonyl (C=O) groups is 2. The van der Waals surface area contributed by atoms with Crippen LogP contribution in [-0.4, -0.2) is 11.9 Å². The van der Waals surface area contributed by atoms with E-state index in [4.69, 9.17) is 0 Å². The summed E-state index contributed by atoms with van der Waals surface area (Å²) in [4.78, 5) is 25.5. The minimum atomic E-state index is -0.439. The first-order valence-corrected chi connectivity index (χ1v) is 8.12. The standard InChI is InChI=1S/C17H17N3O2S/c1-10-8-13(23-9-10)15-14(11(2)18-17(22)20-15)16(21)19-12-6-4-3-5-7-12/h3-9,15H,1-2H3,(H,19,21)(H2,18,20,22)/t15-/m0/s1. The van der Waals surface area contributed by atoms with Gasteiger partial charge in [0.15, 0.2) is 0 Å². The predicted molar refractivity (Wildman–Crippen MR) is 91.2 cm³/mol. The number of hydrogen-bond donors (Lipinski definition) is 3. The van der Waals surface area contributed by atoms with Crippen molar-refractivity contribution >= 4 is 29.0 Å². The largest absolute Gasteiger partial charge is 0.326 e. The summed E-state index contributed by atoms with van der Waals surface area (Å²) in [5.74, 6) is -0.225. The fourth-order valence-corrected chi connectivity index (χ4v) is 3.49. The van der Waals surface area contributed by atoms with Gasteiger partial charge < -0.3 is 16.0 Å². The Morgan fingerprint density at radius 1 is 1.22 bits per heavy atom. The molecule has 3 rings (SSSR count). The maximum atomic E-state index is 12.7. The molecule has 2 heterocycles. The Morgan fingerprint density at radius 3 is 2.61 bits per heavy atom. The number of urea groups is 1. The SMILES string of the molecule is CC1=C(C(=O)Nc2ccccc2)[C@H](c2cc(C)cs2)NC(=O)N1. The van der Waals surface area contributed by atoms with Crippen LogP contribution in [0, 0.1) is 6.92 Å². The van der Waals surface area contributed by atoms with Gasteiger partial charge in [0.1, 0.15) is 0 Å². The number of para-hydroxylation sites is 1. The van der Waals surface area contributed by atoms with Gasteiger partial charge in [-0.3, -0.25) is 4.79 Å². The fourth-order valence-electron chi connectivity index (χ4n) is 2.53. The molecule has 2 aromatic rings. The number of anilines is 1. The van der Waals surface area contributed by atoms with Crippen LogP contribution in [0.4, 0.5) is 10.5 Å². The van der Waals surface area contributed by atoms with Gasteiger partial charge in [-0.15, -0.1) is 11.3 Å². The minimum Gasteiger partial charge on any atom is -0.326 e. The second-order valence-electron chi connectivity index (χ2n) is 5.42. The van der Waals surface area contributed by atoms with Gasteiger partial charge in [0.05, 0.1) is 11.6 Å². The smallest absolute Gasteiger partial charge is 0.319 e. The molecule has 1 aromatic carbocycles. The number of aryl methyl sites for hydroxylation is 1. The first kappa shape index (κ1) is 15.3. The van der Waals surface area contributed by atoms with E-state index in [-0.39, 0.29) is 11.9 Å². The van der Waals surface area contributed by atoms with Crippen molar-refractivity contribution in [2.24, 2.45) is 0 Å². The average Bonchev–Trinajstić information content (AvgIpc) is 2.93. The molecular weight excluding hydrogens is 310 g/mol. The van der Waals surface area contributed by atoms with Crippen LogP contribution in [0.1, 0.15) is 23.4 Å². The third-order valence-electron chi connectivity index (χ3n) is 3.58. The lowest BCUT2D eigenvalue weighted by Gasteiger charge is -2.27. The summed E-state index contributed by atoms with van der Waals surface area (Å²) >= 11 is 1.53. The highest BCUT2D eigenvalue weighted by Crippen LogP contribution is 2.31.